The van der Waals surface area contributed by atoms with Crippen LogP contribution in [-0.2, 0) is 16.2 Å². The minimum absolute atomic E-state index is 0.0973. The van der Waals surface area contributed by atoms with Gasteiger partial charge in [0.25, 0.3) is 0 Å². The average Bonchev–Trinajstić information content (AvgIpc) is 3.46. The molecule has 10 heteroatoms. The van der Waals surface area contributed by atoms with Crippen molar-refractivity contribution >= 4 is 15.7 Å². The number of aromatic nitrogens is 3. The van der Waals surface area contributed by atoms with E-state index in [1.807, 2.05) is 30.3 Å². The molecule has 0 radical (unpaired) electrons. The molecule has 0 N–H and O–H groups in total. The van der Waals surface area contributed by atoms with Crippen molar-refractivity contribution in [3.63, 3.8) is 0 Å². The number of alkyl halides is 3. The first-order chi connectivity index (χ1) is 16.1. The van der Waals surface area contributed by atoms with E-state index < -0.39 is 21.9 Å². The van der Waals surface area contributed by atoms with Crippen LogP contribution in [0.2, 0.25) is 0 Å². The third kappa shape index (κ3) is 4.07. The molecule has 1 aliphatic rings. The van der Waals surface area contributed by atoms with Crippen molar-refractivity contribution in [2.24, 2.45) is 0 Å². The lowest BCUT2D eigenvalue weighted by molar-refractivity contribution is -0.142. The molecule has 2 aromatic heterocycles. The van der Waals surface area contributed by atoms with Gasteiger partial charge in [0.05, 0.1) is 10.6 Å². The van der Waals surface area contributed by atoms with E-state index in [2.05, 4.69) is 10.1 Å². The Bertz CT molecular complexity index is 1450. The number of nitrogens with zero attached hydrogens (tertiary/aromatic N) is 4. The number of rotatable bonds is 4. The molecule has 3 heterocycles. The molecule has 176 valence electrons. The van der Waals surface area contributed by atoms with E-state index in [-0.39, 0.29) is 35.2 Å². The van der Waals surface area contributed by atoms with Gasteiger partial charge >= 0.3 is 6.18 Å². The van der Waals surface area contributed by atoms with Crippen LogP contribution in [0.4, 0.5) is 13.2 Å². The highest BCUT2D eigenvalue weighted by molar-refractivity contribution is 7.89. The predicted molar refractivity (Wildman–Crippen MR) is 121 cm³/mol. The van der Waals surface area contributed by atoms with E-state index in [0.29, 0.717) is 12.1 Å². The first-order valence-corrected chi connectivity index (χ1v) is 12.2. The summed E-state index contributed by atoms with van der Waals surface area (Å²) in [5.41, 5.74) is 1.73. The number of aryl methyl sites for hydroxylation is 1. The van der Waals surface area contributed by atoms with E-state index in [9.17, 15) is 21.6 Å². The third-order valence-corrected chi connectivity index (χ3v) is 7.91. The summed E-state index contributed by atoms with van der Waals surface area (Å²) in [7, 11) is -3.74. The lowest BCUT2D eigenvalue weighted by Gasteiger charge is -2.16. The molecule has 0 aliphatic carbocycles. The molecule has 0 bridgehead atoms. The highest BCUT2D eigenvalue weighted by Crippen LogP contribution is 2.34. The molecule has 4 aromatic rings. The zero-order valence-electron chi connectivity index (χ0n) is 18.2. The molecule has 5 rings (SSSR count). The van der Waals surface area contributed by atoms with Gasteiger partial charge in [-0.25, -0.2) is 17.9 Å². The Morgan fingerprint density at radius 2 is 1.65 bits per heavy atom. The first kappa shape index (κ1) is 22.5. The smallest absolute Gasteiger partial charge is 0.234 e. The largest absolute Gasteiger partial charge is 0.433 e. The van der Waals surface area contributed by atoms with Crippen LogP contribution in [0, 0.1) is 6.92 Å². The number of benzene rings is 2. The average molecular weight is 487 g/mol. The van der Waals surface area contributed by atoms with E-state index in [1.165, 1.54) is 17.3 Å². The fraction of sp³-hybridized carbons (Fsp3) is 0.250. The van der Waals surface area contributed by atoms with Crippen molar-refractivity contribution in [3.05, 3.63) is 83.8 Å². The van der Waals surface area contributed by atoms with Gasteiger partial charge in [0.2, 0.25) is 10.0 Å². The van der Waals surface area contributed by atoms with Crippen LogP contribution >= 0.6 is 0 Å². The summed E-state index contributed by atoms with van der Waals surface area (Å²) >= 11 is 0. The molecule has 1 aliphatic heterocycles. The maximum Gasteiger partial charge on any atom is 0.433 e. The molecular weight excluding hydrogens is 465 g/mol. The highest BCUT2D eigenvalue weighted by Gasteiger charge is 2.37. The van der Waals surface area contributed by atoms with Gasteiger partial charge in [0.15, 0.2) is 5.65 Å². The lowest BCUT2D eigenvalue weighted by Crippen LogP contribution is -2.28. The molecule has 34 heavy (non-hydrogen) atoms. The molecular formula is C24H21F3N4O2S. The lowest BCUT2D eigenvalue weighted by atomic mass is 10.1. The van der Waals surface area contributed by atoms with Gasteiger partial charge < -0.3 is 0 Å². The highest BCUT2D eigenvalue weighted by atomic mass is 32.2. The topological polar surface area (TPSA) is 67.6 Å². The summed E-state index contributed by atoms with van der Waals surface area (Å²) in [6.45, 7) is 1.90. The van der Waals surface area contributed by atoms with Gasteiger partial charge in [-0.1, -0.05) is 42.5 Å². The third-order valence-electron chi connectivity index (χ3n) is 6.03. The van der Waals surface area contributed by atoms with Crippen LogP contribution < -0.4 is 0 Å². The second-order valence-electron chi connectivity index (χ2n) is 8.36. The van der Waals surface area contributed by atoms with Crippen molar-refractivity contribution in [2.75, 3.05) is 13.1 Å². The molecule has 1 atom stereocenters. The number of fused-ring (bicyclic) bond motifs is 1. The number of halogens is 3. The fourth-order valence-electron chi connectivity index (χ4n) is 4.31. The van der Waals surface area contributed by atoms with Crippen molar-refractivity contribution in [3.8, 4) is 11.1 Å². The molecule has 0 spiro atoms. The van der Waals surface area contributed by atoms with Gasteiger partial charge in [-0.15, -0.1) is 0 Å². The summed E-state index contributed by atoms with van der Waals surface area (Å²) < 4.78 is 68.9. The van der Waals surface area contributed by atoms with Crippen molar-refractivity contribution in [1.29, 1.82) is 0 Å². The zero-order valence-corrected chi connectivity index (χ0v) is 19.0. The summed E-state index contributed by atoms with van der Waals surface area (Å²) in [6.07, 6.45) is -4.11. The number of sulfonamides is 1. The minimum atomic E-state index is -4.58. The quantitative estimate of drug-likeness (QED) is 0.412. The first-order valence-electron chi connectivity index (χ1n) is 10.7. The predicted octanol–water partition coefficient (Wildman–Crippen LogP) is 4.90. The molecule has 1 fully saturated rings. The van der Waals surface area contributed by atoms with E-state index in [4.69, 9.17) is 0 Å². The Balaban J connectivity index is 1.39. The van der Waals surface area contributed by atoms with Crippen LogP contribution in [0.1, 0.15) is 29.4 Å². The Morgan fingerprint density at radius 1 is 0.971 bits per heavy atom. The van der Waals surface area contributed by atoms with Gasteiger partial charge in [-0.05, 0) is 42.7 Å². The summed E-state index contributed by atoms with van der Waals surface area (Å²) in [5, 5.41) is 4.15. The van der Waals surface area contributed by atoms with Gasteiger partial charge in [-0.2, -0.15) is 22.6 Å². The zero-order chi connectivity index (χ0) is 24.1. The Kier molecular flexibility index (Phi) is 5.44. The molecule has 2 aromatic carbocycles. The molecule has 6 nitrogen and oxygen atoms in total. The second kappa shape index (κ2) is 8.21. The Labute approximate surface area is 194 Å². The fourth-order valence-corrected chi connectivity index (χ4v) is 5.81. The van der Waals surface area contributed by atoms with Crippen molar-refractivity contribution in [1.82, 2.24) is 18.9 Å². The van der Waals surface area contributed by atoms with Crippen molar-refractivity contribution < 1.29 is 21.6 Å². The molecule has 0 unspecified atom stereocenters. The van der Waals surface area contributed by atoms with Gasteiger partial charge in [0, 0.05) is 30.8 Å². The summed E-state index contributed by atoms with van der Waals surface area (Å²) in [6, 6.07) is 18.8. The van der Waals surface area contributed by atoms with E-state index in [1.54, 1.807) is 24.3 Å². The monoisotopic (exact) mass is 486 g/mol. The maximum atomic E-state index is 13.5. The van der Waals surface area contributed by atoms with Crippen molar-refractivity contribution in [2.45, 2.75) is 30.3 Å². The summed E-state index contributed by atoms with van der Waals surface area (Å²) in [4.78, 5) is 4.34. The summed E-state index contributed by atoms with van der Waals surface area (Å²) in [5.74, 6) is -0.318. The van der Waals surface area contributed by atoms with Gasteiger partial charge in [0.1, 0.15) is 5.69 Å². The SMILES string of the molecule is Cc1cc(C(F)(F)F)n2nc([C@@H]3CCN(S(=O)(=O)c4ccc(-c5ccccc5)cc4)C3)cc2n1. The second-order valence-corrected chi connectivity index (χ2v) is 10.3. The number of hydrogen-bond donors (Lipinski definition) is 0. The van der Waals surface area contributed by atoms with Gasteiger partial charge in [-0.3, -0.25) is 0 Å². The number of hydrogen-bond acceptors (Lipinski definition) is 4. The maximum absolute atomic E-state index is 13.5. The Morgan fingerprint density at radius 3 is 2.32 bits per heavy atom. The normalized spacial score (nSPS) is 17.5. The minimum Gasteiger partial charge on any atom is -0.234 e. The van der Waals surface area contributed by atoms with E-state index >= 15 is 0 Å². The van der Waals surface area contributed by atoms with Crippen LogP contribution in [0.3, 0.4) is 0 Å². The van der Waals surface area contributed by atoms with Crippen LogP contribution in [0.25, 0.3) is 16.8 Å². The van der Waals surface area contributed by atoms with Crippen LogP contribution in [-0.4, -0.2) is 40.4 Å². The standard InChI is InChI=1S/C24H21F3N4O2S/c1-16-13-22(24(25,26)27)31-23(28-16)14-21(29-31)19-11-12-30(15-19)34(32,33)20-9-7-18(8-10-20)17-5-3-2-4-6-17/h2-10,13-14,19H,11-12,15H2,1H3/t19-/m1/s1. The Hall–Kier alpha value is -3.24. The van der Waals surface area contributed by atoms with E-state index in [0.717, 1.165) is 21.7 Å². The molecule has 0 saturated carbocycles. The van der Waals surface area contributed by atoms with Crippen LogP contribution in [0.5, 0.6) is 0 Å². The molecule has 1 saturated heterocycles. The molecule has 0 amide bonds. The van der Waals surface area contributed by atoms with Crippen LogP contribution in [0.15, 0.2) is 71.6 Å².